The lowest BCUT2D eigenvalue weighted by Crippen LogP contribution is -2.13. The van der Waals surface area contributed by atoms with Crippen LogP contribution in [0.1, 0.15) is 218 Å². The van der Waals surface area contributed by atoms with Crippen molar-refractivity contribution in [2.24, 2.45) is 0 Å². The van der Waals surface area contributed by atoms with E-state index in [2.05, 4.69) is 268 Å². The van der Waals surface area contributed by atoms with E-state index in [1.165, 1.54) is 86.8 Å². The van der Waals surface area contributed by atoms with Crippen molar-refractivity contribution in [2.45, 2.75) is 210 Å². The lowest BCUT2D eigenvalue weighted by Gasteiger charge is -2.25. The van der Waals surface area contributed by atoms with Crippen molar-refractivity contribution in [1.82, 2.24) is 0 Å². The van der Waals surface area contributed by atoms with Crippen molar-refractivity contribution >= 4 is 129 Å². The first-order chi connectivity index (χ1) is 55.9. The highest BCUT2D eigenvalue weighted by Gasteiger charge is 2.30. The number of hydrogen-bond donors (Lipinski definition) is 0. The van der Waals surface area contributed by atoms with Gasteiger partial charge in [-0.25, -0.2) is 16.8 Å². The minimum atomic E-state index is -4.23. The number of benzene rings is 14. The molecule has 0 radical (unpaired) electrons. The van der Waals surface area contributed by atoms with Gasteiger partial charge in [0.25, 0.3) is 0 Å². The number of unbranched alkanes of at least 4 members (excludes halogenated alkanes) is 13. The van der Waals surface area contributed by atoms with Gasteiger partial charge in [-0.05, 0) is 318 Å². The standard InChI is InChI=1S/C108H104O6S2.10H2/c1-13-17-21-25-27-29-31-35-57-113-86-50-52-90-97(70-86)103(82-47-45-76-61-74(37-33-23-19-15-3)39-42-78(76)63-82)89-51-49-87(114-58-36-32-30-28-26-22-18-14-2)71-98(89)104(90)83-48-46-77-62-75(40-43-79(77)64-83)41-44-81-59-73(5)60-93-80(38-34-24-20-16-4)65-88(72-94(81)93)116(111,112)102-56-54-92-95-66-84(107(6,7)8)68-99-101(115(12,109)110)55-53-91(105(95)99)96-67-85(108(9,10)11)69-100(102)106(92)96;;;;;;;;;;/h1,39-56,59-72H,14-16,18-20,22-24,26,28,30,32-34,36-38,58H2,2-12H3;10*1H/b44-41+;;;;;;;;;;. The Balaban J connectivity index is 0.00000333. The molecule has 0 saturated heterocycles. The van der Waals surface area contributed by atoms with E-state index in [9.17, 15) is 8.42 Å². The lowest BCUT2D eigenvalue weighted by atomic mass is 9.80. The molecule has 14 aromatic rings. The zero-order valence-corrected chi connectivity index (χ0v) is 70.9. The molecule has 0 spiro atoms. The first-order valence-corrected chi connectivity index (χ1v) is 45.1. The molecule has 0 bridgehead atoms. The number of ether oxygens (including phenoxy) is 2. The summed E-state index contributed by atoms with van der Waals surface area (Å²) in [4.78, 5) is 0.777. The Morgan fingerprint density at radius 3 is 1.51 bits per heavy atom. The number of fused-ring (bicyclic) bond motifs is 7. The van der Waals surface area contributed by atoms with Crippen LogP contribution in [0.2, 0.25) is 0 Å². The molecule has 0 unspecified atom stereocenters. The van der Waals surface area contributed by atoms with Gasteiger partial charge in [0.05, 0.1) is 21.3 Å². The first kappa shape index (κ1) is 81.3. The van der Waals surface area contributed by atoms with Gasteiger partial charge >= 0.3 is 0 Å². The van der Waals surface area contributed by atoms with Crippen LogP contribution in [-0.4, -0.2) is 29.7 Å². The molecule has 14 rings (SSSR count). The normalized spacial score (nSPS) is 12.1. The maximum absolute atomic E-state index is 16.3. The fourth-order valence-corrected chi connectivity index (χ4v) is 19.4. The highest BCUT2D eigenvalue weighted by atomic mass is 32.2. The summed E-state index contributed by atoms with van der Waals surface area (Å²) in [7, 11) is -7.86. The Bertz CT molecular complexity index is 6830. The summed E-state index contributed by atoms with van der Waals surface area (Å²) in [6.45, 7) is 22.4. The third kappa shape index (κ3) is 17.6. The minimum Gasteiger partial charge on any atom is -0.494 e. The van der Waals surface area contributed by atoms with Gasteiger partial charge < -0.3 is 9.47 Å². The quantitative estimate of drug-likeness (QED) is 0.0160. The molecule has 6 nitrogen and oxygen atoms in total. The van der Waals surface area contributed by atoms with Crippen molar-refractivity contribution in [1.29, 1.82) is 0 Å². The monoisotopic (exact) mass is 1580 g/mol. The average Bonchev–Trinajstić information content (AvgIpc) is 0.676. The van der Waals surface area contributed by atoms with Crippen LogP contribution in [0.15, 0.2) is 197 Å². The topological polar surface area (TPSA) is 86.7 Å². The second-order valence-corrected chi connectivity index (χ2v) is 37.7. The summed E-state index contributed by atoms with van der Waals surface area (Å²) in [5.74, 6) is 22.2. The van der Waals surface area contributed by atoms with Crippen molar-refractivity contribution in [3.05, 3.63) is 221 Å². The van der Waals surface area contributed by atoms with E-state index in [1.54, 1.807) is 12.1 Å². The molecule has 14 aromatic carbocycles. The van der Waals surface area contributed by atoms with E-state index >= 15 is 8.42 Å². The molecule has 8 heteroatoms. The zero-order chi connectivity index (χ0) is 81.5. The summed E-state index contributed by atoms with van der Waals surface area (Å²) in [5.41, 5.74) is 11.0. The maximum atomic E-state index is 16.3. The highest BCUT2D eigenvalue weighted by Crippen LogP contribution is 2.50. The van der Waals surface area contributed by atoms with E-state index in [1.807, 2.05) is 36.4 Å². The molecule has 0 amide bonds. The number of rotatable bonds is 28. The molecule has 0 aliphatic heterocycles. The largest absolute Gasteiger partial charge is 0.494 e. The molecule has 0 aliphatic carbocycles. The van der Waals surface area contributed by atoms with E-state index in [4.69, 9.17) is 15.9 Å². The molecule has 116 heavy (non-hydrogen) atoms. The lowest BCUT2D eigenvalue weighted by molar-refractivity contribution is 0.304. The van der Waals surface area contributed by atoms with Gasteiger partial charge in [0.15, 0.2) is 9.84 Å². The summed E-state index contributed by atoms with van der Waals surface area (Å²) < 4.78 is 72.7. The summed E-state index contributed by atoms with van der Waals surface area (Å²) in [6.07, 6.45) is 34.2. The number of aryl methyl sites for hydroxylation is 3. The van der Waals surface area contributed by atoms with Crippen LogP contribution in [0.3, 0.4) is 0 Å². The van der Waals surface area contributed by atoms with Crippen LogP contribution in [0.4, 0.5) is 0 Å². The molecule has 0 aliphatic rings. The Hall–Kier alpha value is -11.3. The Labute approximate surface area is 702 Å². The summed E-state index contributed by atoms with van der Waals surface area (Å²) >= 11 is 0. The summed E-state index contributed by atoms with van der Waals surface area (Å²) in [6, 6.07) is 64.3. The Morgan fingerprint density at radius 2 is 0.905 bits per heavy atom. The zero-order valence-electron chi connectivity index (χ0n) is 69.3. The van der Waals surface area contributed by atoms with Crippen molar-refractivity contribution in [2.75, 3.05) is 12.9 Å². The van der Waals surface area contributed by atoms with E-state index in [0.717, 1.165) is 188 Å². The third-order valence-corrected chi connectivity index (χ3v) is 26.1. The second-order valence-electron chi connectivity index (χ2n) is 33.8. The van der Waals surface area contributed by atoms with Crippen LogP contribution in [-0.2, 0) is 43.3 Å². The van der Waals surface area contributed by atoms with Gasteiger partial charge in [-0.1, -0.05) is 243 Å². The van der Waals surface area contributed by atoms with Crippen LogP contribution in [0.25, 0.3) is 131 Å². The van der Waals surface area contributed by atoms with Gasteiger partial charge in [0.1, 0.15) is 17.6 Å². The predicted molar refractivity (Wildman–Crippen MR) is 514 cm³/mol. The SMILES string of the molecule is C#CC#CC#CC#CC#COc1ccc2c(-c3ccc4cc(/C=C/c5cc(C)cc6c(CCCCCC)cc(S(=O)(=O)c7ccc8c9cc(C(C)(C)C)cc%10c(S(C)(=O)=O)ccc(c%11cc(C(C)(C)C)cc7c8%11)c%109)cc56)ccc4c3)c3cc(OCCCCCCCCCC)ccc3c(-c3ccc4cc(CCCCCC)ccc4c3)c2c1.[HH].[HH].[HH].[HH].[HH].[HH].[HH].[HH].[HH].[HH]. The molecule has 0 heterocycles. The molecule has 0 fully saturated rings. The van der Waals surface area contributed by atoms with Gasteiger partial charge in [0, 0.05) is 55.0 Å². The van der Waals surface area contributed by atoms with Crippen LogP contribution in [0.5, 0.6) is 11.5 Å². The number of terminal acetylenes is 1. The second kappa shape index (κ2) is 35.0. The summed E-state index contributed by atoms with van der Waals surface area (Å²) in [5, 5.41) is 17.3. The molecule has 0 saturated carbocycles. The Kier molecular flexibility index (Phi) is 24.6. The maximum Gasteiger partial charge on any atom is 0.207 e. The Morgan fingerprint density at radius 1 is 0.405 bits per heavy atom. The molecular formula is C108H124O6S2. The van der Waals surface area contributed by atoms with Crippen molar-refractivity contribution in [3.8, 4) is 93.6 Å². The van der Waals surface area contributed by atoms with E-state index in [0.29, 0.717) is 23.1 Å². The number of hydrogen-bond acceptors (Lipinski definition) is 6. The highest BCUT2D eigenvalue weighted by molar-refractivity contribution is 7.91. The van der Waals surface area contributed by atoms with Gasteiger partial charge in [-0.2, -0.15) is 0 Å². The van der Waals surface area contributed by atoms with Crippen molar-refractivity contribution < 1.29 is 40.6 Å². The molecule has 604 valence electrons. The van der Waals surface area contributed by atoms with Crippen LogP contribution < -0.4 is 9.47 Å². The average molecular weight is 1580 g/mol. The van der Waals surface area contributed by atoms with Crippen LogP contribution in [0, 0.1) is 66.8 Å². The number of sulfone groups is 2. The van der Waals surface area contributed by atoms with E-state index < -0.39 is 19.7 Å². The molecule has 0 N–H and O–H groups in total. The predicted octanol–water partition coefficient (Wildman–Crippen LogP) is 30.4. The van der Waals surface area contributed by atoms with Gasteiger partial charge in [0.2, 0.25) is 9.84 Å². The van der Waals surface area contributed by atoms with E-state index in [-0.39, 0.29) is 39.8 Å². The first-order valence-electron chi connectivity index (χ1n) is 41.7. The fourth-order valence-electron chi connectivity index (χ4n) is 17.0. The third-order valence-electron chi connectivity index (χ3n) is 23.2. The molecule has 0 atom stereocenters. The fraction of sp³-hybridized carbons (Fsp3) is 0.296. The van der Waals surface area contributed by atoms with Crippen molar-refractivity contribution in [3.63, 3.8) is 0 Å². The van der Waals surface area contributed by atoms with Gasteiger partial charge in [-0.15, -0.1) is 6.42 Å². The molecule has 0 aromatic heterocycles. The molecular weight excluding hydrogens is 1460 g/mol. The minimum absolute atomic E-state index is 0. The van der Waals surface area contributed by atoms with Crippen LogP contribution >= 0.6 is 0 Å². The smallest absolute Gasteiger partial charge is 0.207 e. The van der Waals surface area contributed by atoms with Gasteiger partial charge in [-0.3, -0.25) is 0 Å².